The van der Waals surface area contributed by atoms with Crippen LogP contribution < -0.4 is 5.32 Å². The van der Waals surface area contributed by atoms with Crippen molar-refractivity contribution in [3.8, 4) is 11.4 Å². The number of benzene rings is 1. The van der Waals surface area contributed by atoms with Gasteiger partial charge in [-0.2, -0.15) is 0 Å². The molecule has 8 nitrogen and oxygen atoms in total. The van der Waals surface area contributed by atoms with Crippen LogP contribution in [0, 0.1) is 5.92 Å². The Morgan fingerprint density at radius 3 is 2.59 bits per heavy atom. The summed E-state index contributed by atoms with van der Waals surface area (Å²) in [6.45, 7) is 4.42. The molecular formula is C25H25N5O3S. The number of thioether (sulfide) groups is 1. The third-order valence-electron chi connectivity index (χ3n) is 4.95. The Balaban J connectivity index is 1.45. The first-order valence-corrected chi connectivity index (χ1v) is 11.9. The molecule has 9 heteroatoms. The number of rotatable bonds is 10. The van der Waals surface area contributed by atoms with Crippen molar-refractivity contribution in [3.05, 3.63) is 78.5 Å². The zero-order valence-corrected chi connectivity index (χ0v) is 19.8. The van der Waals surface area contributed by atoms with E-state index in [-0.39, 0.29) is 23.4 Å². The molecule has 0 fully saturated rings. The summed E-state index contributed by atoms with van der Waals surface area (Å²) in [5.41, 5.74) is 2.07. The van der Waals surface area contributed by atoms with Crippen molar-refractivity contribution >= 4 is 29.1 Å². The van der Waals surface area contributed by atoms with E-state index in [4.69, 9.17) is 4.42 Å². The van der Waals surface area contributed by atoms with Gasteiger partial charge in [0.05, 0.1) is 18.6 Å². The van der Waals surface area contributed by atoms with Gasteiger partial charge in [-0.3, -0.25) is 19.1 Å². The lowest BCUT2D eigenvalue weighted by Crippen LogP contribution is -2.14. The Hall–Kier alpha value is -3.72. The molecular weight excluding hydrogens is 450 g/mol. The van der Waals surface area contributed by atoms with E-state index in [0.717, 1.165) is 11.3 Å². The number of aromatic nitrogens is 4. The van der Waals surface area contributed by atoms with Gasteiger partial charge in [-0.15, -0.1) is 10.2 Å². The molecule has 0 aliphatic carbocycles. The smallest absolute Gasteiger partial charge is 0.224 e. The number of Topliss-reactive ketones (excluding diaryl/α,β-unsaturated/α-hetero) is 1. The Morgan fingerprint density at radius 2 is 1.91 bits per heavy atom. The number of hydrogen-bond acceptors (Lipinski definition) is 7. The van der Waals surface area contributed by atoms with Crippen LogP contribution in [0.3, 0.4) is 0 Å². The fourth-order valence-corrected chi connectivity index (χ4v) is 4.17. The predicted octanol–water partition coefficient (Wildman–Crippen LogP) is 4.94. The number of nitrogens with zero attached hydrogens (tertiary/aromatic N) is 4. The molecule has 34 heavy (non-hydrogen) atoms. The third-order valence-corrected chi connectivity index (χ3v) is 5.91. The highest BCUT2D eigenvalue weighted by molar-refractivity contribution is 7.99. The van der Waals surface area contributed by atoms with Crippen LogP contribution in [0.1, 0.15) is 36.4 Å². The minimum atomic E-state index is -0.0412. The lowest BCUT2D eigenvalue weighted by Gasteiger charge is -2.09. The topological polar surface area (TPSA) is 103 Å². The maximum absolute atomic E-state index is 12.8. The molecule has 4 rings (SSSR count). The van der Waals surface area contributed by atoms with Crippen LogP contribution in [0.5, 0.6) is 0 Å². The summed E-state index contributed by atoms with van der Waals surface area (Å²) >= 11 is 1.32. The van der Waals surface area contributed by atoms with Crippen molar-refractivity contribution in [2.24, 2.45) is 5.92 Å². The number of hydrogen-bond donors (Lipinski definition) is 1. The van der Waals surface area contributed by atoms with Gasteiger partial charge in [0, 0.05) is 35.6 Å². The average Bonchev–Trinajstić information content (AvgIpc) is 3.48. The van der Waals surface area contributed by atoms with Crippen LogP contribution in [0.2, 0.25) is 0 Å². The number of carbonyl (C=O) groups excluding carboxylic acids is 2. The van der Waals surface area contributed by atoms with E-state index in [1.165, 1.54) is 11.8 Å². The average molecular weight is 476 g/mol. The number of pyridine rings is 1. The van der Waals surface area contributed by atoms with Crippen LogP contribution in [0.4, 0.5) is 5.69 Å². The maximum Gasteiger partial charge on any atom is 0.224 e. The molecule has 3 heterocycles. The van der Waals surface area contributed by atoms with Crippen LogP contribution in [0.15, 0.2) is 76.8 Å². The van der Waals surface area contributed by atoms with Gasteiger partial charge in [-0.25, -0.2) is 0 Å². The molecule has 0 atom stereocenters. The second-order valence-electron chi connectivity index (χ2n) is 8.15. The summed E-state index contributed by atoms with van der Waals surface area (Å²) in [4.78, 5) is 28.9. The number of amides is 1. The normalized spacial score (nSPS) is 11.0. The molecule has 3 aromatic heterocycles. The van der Waals surface area contributed by atoms with E-state index >= 15 is 0 Å². The summed E-state index contributed by atoms with van der Waals surface area (Å²) in [6.07, 6.45) is 5.50. The van der Waals surface area contributed by atoms with Crippen molar-refractivity contribution < 1.29 is 14.0 Å². The zero-order valence-electron chi connectivity index (χ0n) is 19.0. The Bertz CT molecular complexity index is 1240. The monoisotopic (exact) mass is 475 g/mol. The number of nitrogens with one attached hydrogen (secondary N) is 1. The molecule has 0 saturated carbocycles. The number of carbonyl (C=O) groups is 2. The van der Waals surface area contributed by atoms with Gasteiger partial charge in [0.2, 0.25) is 5.91 Å². The van der Waals surface area contributed by atoms with Gasteiger partial charge in [0.15, 0.2) is 16.8 Å². The minimum absolute atomic E-state index is 0.0371. The van der Waals surface area contributed by atoms with Gasteiger partial charge < -0.3 is 9.73 Å². The second-order valence-corrected chi connectivity index (χ2v) is 9.09. The van der Waals surface area contributed by atoms with Crippen LogP contribution in [0.25, 0.3) is 11.4 Å². The standard InChI is InChI=1S/C25H25N5O3S/c1-17(2)13-23(32)27-20-9-7-18(8-10-20)22(31)16-34-25-29-28-24(19-5-3-11-26-14-19)30(25)15-21-6-4-12-33-21/h3-12,14,17H,13,15-16H2,1-2H3,(H,27,32). The van der Waals surface area contributed by atoms with Crippen molar-refractivity contribution in [2.45, 2.75) is 32.0 Å². The van der Waals surface area contributed by atoms with Gasteiger partial charge in [-0.1, -0.05) is 25.6 Å². The molecule has 0 aliphatic rings. The van der Waals surface area contributed by atoms with Crippen LogP contribution in [-0.4, -0.2) is 37.2 Å². The molecule has 4 aromatic rings. The van der Waals surface area contributed by atoms with Crippen molar-refractivity contribution in [1.29, 1.82) is 0 Å². The van der Waals surface area contributed by atoms with E-state index in [1.54, 1.807) is 42.9 Å². The van der Waals surface area contributed by atoms with E-state index in [9.17, 15) is 9.59 Å². The lowest BCUT2D eigenvalue weighted by molar-refractivity contribution is -0.116. The molecule has 0 aliphatic heterocycles. The summed E-state index contributed by atoms with van der Waals surface area (Å²) in [5.74, 6) is 1.81. The Morgan fingerprint density at radius 1 is 1.09 bits per heavy atom. The number of furan rings is 1. The largest absolute Gasteiger partial charge is 0.467 e. The molecule has 0 spiro atoms. The van der Waals surface area contributed by atoms with Gasteiger partial charge in [0.1, 0.15) is 5.76 Å². The van der Waals surface area contributed by atoms with Gasteiger partial charge >= 0.3 is 0 Å². The molecule has 0 unspecified atom stereocenters. The van der Waals surface area contributed by atoms with Gasteiger partial charge in [-0.05, 0) is 54.4 Å². The summed E-state index contributed by atoms with van der Waals surface area (Å²) in [7, 11) is 0. The zero-order chi connectivity index (χ0) is 23.9. The quantitative estimate of drug-likeness (QED) is 0.256. The number of ketones is 1. The molecule has 0 saturated heterocycles. The predicted molar refractivity (Wildman–Crippen MR) is 131 cm³/mol. The van der Waals surface area contributed by atoms with E-state index < -0.39 is 0 Å². The molecule has 1 N–H and O–H groups in total. The molecule has 0 radical (unpaired) electrons. The first-order valence-electron chi connectivity index (χ1n) is 10.9. The Kier molecular flexibility index (Phi) is 7.54. The van der Waals surface area contributed by atoms with E-state index in [0.29, 0.717) is 35.2 Å². The van der Waals surface area contributed by atoms with Crippen LogP contribution >= 0.6 is 11.8 Å². The summed E-state index contributed by atoms with van der Waals surface area (Å²) < 4.78 is 7.43. The van der Waals surface area contributed by atoms with Gasteiger partial charge in [0.25, 0.3) is 0 Å². The molecule has 174 valence electrons. The maximum atomic E-state index is 12.8. The number of anilines is 1. The van der Waals surface area contributed by atoms with Crippen molar-refractivity contribution in [2.75, 3.05) is 11.1 Å². The molecule has 1 amide bonds. The summed E-state index contributed by atoms with van der Waals surface area (Å²) in [5, 5.41) is 12.1. The highest BCUT2D eigenvalue weighted by atomic mass is 32.2. The van der Waals surface area contributed by atoms with Crippen molar-refractivity contribution in [3.63, 3.8) is 0 Å². The highest BCUT2D eigenvalue weighted by Gasteiger charge is 2.18. The minimum Gasteiger partial charge on any atom is -0.467 e. The second kappa shape index (κ2) is 10.9. The lowest BCUT2D eigenvalue weighted by atomic mass is 10.1. The SMILES string of the molecule is CC(C)CC(=O)Nc1ccc(C(=O)CSc2nnc(-c3cccnc3)n2Cc2ccco2)cc1. The van der Waals surface area contributed by atoms with Crippen LogP contribution in [-0.2, 0) is 11.3 Å². The third kappa shape index (κ3) is 5.99. The Labute approximate surface area is 201 Å². The highest BCUT2D eigenvalue weighted by Crippen LogP contribution is 2.25. The van der Waals surface area contributed by atoms with E-state index in [2.05, 4.69) is 20.5 Å². The fourth-order valence-electron chi connectivity index (χ4n) is 3.34. The summed E-state index contributed by atoms with van der Waals surface area (Å²) in [6, 6.07) is 14.4. The van der Waals surface area contributed by atoms with E-state index in [1.807, 2.05) is 42.7 Å². The van der Waals surface area contributed by atoms with Crippen molar-refractivity contribution in [1.82, 2.24) is 19.7 Å². The fraction of sp³-hybridized carbons (Fsp3) is 0.240. The molecule has 1 aromatic carbocycles. The first kappa shape index (κ1) is 23.4. The molecule has 0 bridgehead atoms. The first-order chi connectivity index (χ1) is 16.5.